The molecule has 0 aliphatic carbocycles. The molecule has 0 spiro atoms. The molecule has 110 valence electrons. The van der Waals surface area contributed by atoms with Crippen LogP contribution in [0, 0.1) is 0 Å². The molecule has 0 saturated heterocycles. The van der Waals surface area contributed by atoms with E-state index in [1.165, 1.54) is 6.20 Å². The largest absolute Gasteiger partial charge is 0.497 e. The molecule has 0 saturated carbocycles. The van der Waals surface area contributed by atoms with E-state index in [0.29, 0.717) is 11.4 Å². The van der Waals surface area contributed by atoms with Crippen LogP contribution in [0.1, 0.15) is 28.9 Å². The van der Waals surface area contributed by atoms with E-state index in [4.69, 9.17) is 10.6 Å². The van der Waals surface area contributed by atoms with Gasteiger partial charge in [0.15, 0.2) is 0 Å². The molecule has 1 atom stereocenters. The van der Waals surface area contributed by atoms with Crippen LogP contribution >= 0.6 is 0 Å². The summed E-state index contributed by atoms with van der Waals surface area (Å²) in [6.07, 6.45) is 1.48. The summed E-state index contributed by atoms with van der Waals surface area (Å²) in [7, 11) is 1.62. The van der Waals surface area contributed by atoms with Crippen molar-refractivity contribution < 1.29 is 9.53 Å². The van der Waals surface area contributed by atoms with E-state index in [1.54, 1.807) is 19.2 Å². The van der Waals surface area contributed by atoms with Gasteiger partial charge in [-0.1, -0.05) is 12.1 Å². The monoisotopic (exact) mass is 286 g/mol. The zero-order valence-corrected chi connectivity index (χ0v) is 12.0. The van der Waals surface area contributed by atoms with Gasteiger partial charge in [0.2, 0.25) is 0 Å². The molecule has 21 heavy (non-hydrogen) atoms. The third-order valence-electron chi connectivity index (χ3n) is 3.14. The first-order valence-corrected chi connectivity index (χ1v) is 6.51. The minimum absolute atomic E-state index is 0.115. The van der Waals surface area contributed by atoms with Crippen molar-refractivity contribution in [3.63, 3.8) is 0 Å². The lowest BCUT2D eigenvalue weighted by atomic mass is 10.1. The minimum Gasteiger partial charge on any atom is -0.497 e. The van der Waals surface area contributed by atoms with Crippen molar-refractivity contribution in [2.24, 2.45) is 5.84 Å². The van der Waals surface area contributed by atoms with Crippen molar-refractivity contribution in [3.05, 3.63) is 53.7 Å². The number of nitrogens with two attached hydrogens (primary N) is 1. The summed E-state index contributed by atoms with van der Waals surface area (Å²) in [6, 6.07) is 10.8. The minimum atomic E-state index is -0.186. The lowest BCUT2D eigenvalue weighted by Gasteiger charge is -2.14. The van der Waals surface area contributed by atoms with Gasteiger partial charge in [0.05, 0.1) is 18.7 Å². The number of nitrogen functional groups attached to an aromatic ring is 1. The van der Waals surface area contributed by atoms with E-state index in [9.17, 15) is 4.79 Å². The number of hydrogen-bond acceptors (Lipinski definition) is 5. The summed E-state index contributed by atoms with van der Waals surface area (Å²) in [5, 5.41) is 2.92. The maximum absolute atomic E-state index is 12.1. The molecule has 2 aromatic rings. The summed E-state index contributed by atoms with van der Waals surface area (Å²) >= 11 is 0. The molecule has 0 fully saturated rings. The topological polar surface area (TPSA) is 89.3 Å². The Balaban J connectivity index is 2.03. The van der Waals surface area contributed by atoms with Gasteiger partial charge in [-0.05, 0) is 36.8 Å². The van der Waals surface area contributed by atoms with Gasteiger partial charge in [-0.15, -0.1) is 0 Å². The first-order chi connectivity index (χ1) is 10.1. The van der Waals surface area contributed by atoms with Crippen LogP contribution in [0.5, 0.6) is 5.75 Å². The number of ether oxygens (including phenoxy) is 1. The molecule has 4 N–H and O–H groups in total. The Kier molecular flexibility index (Phi) is 4.73. The molecule has 0 radical (unpaired) electrons. The second kappa shape index (κ2) is 6.71. The maximum atomic E-state index is 12.1. The van der Waals surface area contributed by atoms with Crippen molar-refractivity contribution in [1.29, 1.82) is 0 Å². The number of rotatable bonds is 5. The zero-order chi connectivity index (χ0) is 15.2. The number of pyridine rings is 1. The van der Waals surface area contributed by atoms with E-state index >= 15 is 0 Å². The van der Waals surface area contributed by atoms with Crippen LogP contribution in [0.25, 0.3) is 0 Å². The summed E-state index contributed by atoms with van der Waals surface area (Å²) in [5.74, 6) is 6.34. The highest BCUT2D eigenvalue weighted by molar-refractivity contribution is 5.94. The van der Waals surface area contributed by atoms with Crippen LogP contribution in [-0.4, -0.2) is 18.0 Å². The Bertz CT molecular complexity index is 596. The Labute approximate surface area is 123 Å². The Hall–Kier alpha value is -2.60. The predicted octanol–water partition coefficient (Wildman–Crippen LogP) is 1.87. The average Bonchev–Trinajstić information content (AvgIpc) is 2.55. The number of nitrogens with zero attached hydrogens (tertiary/aromatic N) is 1. The van der Waals surface area contributed by atoms with Crippen LogP contribution < -0.4 is 21.3 Å². The van der Waals surface area contributed by atoms with Gasteiger partial charge in [-0.25, -0.2) is 10.8 Å². The number of carbonyl (C=O) groups is 1. The third-order valence-corrected chi connectivity index (χ3v) is 3.14. The van der Waals surface area contributed by atoms with E-state index < -0.39 is 0 Å². The van der Waals surface area contributed by atoms with Gasteiger partial charge in [0.1, 0.15) is 11.6 Å². The number of hydrogen-bond donors (Lipinski definition) is 3. The number of aromatic nitrogens is 1. The molecule has 0 bridgehead atoms. The number of methoxy groups -OCH3 is 1. The van der Waals surface area contributed by atoms with E-state index in [2.05, 4.69) is 15.7 Å². The fraction of sp³-hybridized carbons (Fsp3) is 0.200. The smallest absolute Gasteiger partial charge is 0.253 e. The fourth-order valence-electron chi connectivity index (χ4n) is 1.87. The highest BCUT2D eigenvalue weighted by Crippen LogP contribution is 2.17. The Morgan fingerprint density at radius 2 is 1.95 bits per heavy atom. The number of nitrogens with one attached hydrogen (secondary N) is 2. The SMILES string of the molecule is COc1ccc(C(C)NC(=O)c2ccc(NN)nc2)cc1. The van der Waals surface area contributed by atoms with Crippen molar-refractivity contribution in [1.82, 2.24) is 10.3 Å². The molecule has 0 aliphatic rings. The van der Waals surface area contributed by atoms with Crippen LogP contribution in [0.4, 0.5) is 5.82 Å². The third kappa shape index (κ3) is 3.70. The normalized spacial score (nSPS) is 11.6. The second-order valence-corrected chi connectivity index (χ2v) is 4.54. The van der Waals surface area contributed by atoms with Crippen LogP contribution in [-0.2, 0) is 0 Å². The molecular formula is C15H18N4O2. The van der Waals surface area contributed by atoms with Crippen LogP contribution in [0.3, 0.4) is 0 Å². The fourth-order valence-corrected chi connectivity index (χ4v) is 1.87. The van der Waals surface area contributed by atoms with E-state index in [-0.39, 0.29) is 11.9 Å². The maximum Gasteiger partial charge on any atom is 0.253 e. The molecule has 6 heteroatoms. The summed E-state index contributed by atoms with van der Waals surface area (Å²) < 4.78 is 5.11. The van der Waals surface area contributed by atoms with Gasteiger partial charge in [0, 0.05) is 6.20 Å². The number of anilines is 1. The molecule has 6 nitrogen and oxygen atoms in total. The summed E-state index contributed by atoms with van der Waals surface area (Å²) in [6.45, 7) is 1.92. The van der Waals surface area contributed by atoms with Crippen LogP contribution in [0.15, 0.2) is 42.6 Å². The predicted molar refractivity (Wildman–Crippen MR) is 80.9 cm³/mol. The van der Waals surface area contributed by atoms with Crippen LogP contribution in [0.2, 0.25) is 0 Å². The molecule has 1 unspecified atom stereocenters. The first-order valence-electron chi connectivity index (χ1n) is 6.51. The second-order valence-electron chi connectivity index (χ2n) is 4.54. The average molecular weight is 286 g/mol. The van der Waals surface area contributed by atoms with Crippen molar-refractivity contribution in [3.8, 4) is 5.75 Å². The Morgan fingerprint density at radius 3 is 2.48 bits per heavy atom. The van der Waals surface area contributed by atoms with Crippen molar-refractivity contribution in [2.45, 2.75) is 13.0 Å². The van der Waals surface area contributed by atoms with Gasteiger partial charge in [-0.3, -0.25) is 4.79 Å². The summed E-state index contributed by atoms with van der Waals surface area (Å²) in [5.41, 5.74) is 3.89. The molecule has 1 heterocycles. The highest BCUT2D eigenvalue weighted by atomic mass is 16.5. The lowest BCUT2D eigenvalue weighted by Crippen LogP contribution is -2.26. The van der Waals surface area contributed by atoms with Gasteiger partial charge in [0.25, 0.3) is 5.91 Å². The standard InChI is InChI=1S/C15H18N4O2/c1-10(11-3-6-13(21-2)7-4-11)18-15(20)12-5-8-14(19-16)17-9-12/h3-10H,16H2,1-2H3,(H,17,19)(H,18,20). The highest BCUT2D eigenvalue weighted by Gasteiger charge is 2.11. The lowest BCUT2D eigenvalue weighted by molar-refractivity contribution is 0.0939. The molecule has 1 amide bonds. The molecule has 1 aromatic heterocycles. The Morgan fingerprint density at radius 1 is 1.24 bits per heavy atom. The number of amides is 1. The first kappa shape index (κ1) is 14.8. The number of benzene rings is 1. The van der Waals surface area contributed by atoms with E-state index in [1.807, 2.05) is 31.2 Å². The van der Waals surface area contributed by atoms with Gasteiger partial charge >= 0.3 is 0 Å². The van der Waals surface area contributed by atoms with Gasteiger partial charge < -0.3 is 15.5 Å². The molecule has 0 aliphatic heterocycles. The quantitative estimate of drug-likeness (QED) is 0.576. The molecule has 2 rings (SSSR count). The molecular weight excluding hydrogens is 268 g/mol. The molecule has 1 aromatic carbocycles. The van der Waals surface area contributed by atoms with Gasteiger partial charge in [-0.2, -0.15) is 0 Å². The van der Waals surface area contributed by atoms with E-state index in [0.717, 1.165) is 11.3 Å². The van der Waals surface area contributed by atoms with Crippen molar-refractivity contribution >= 4 is 11.7 Å². The zero-order valence-electron chi connectivity index (χ0n) is 12.0. The van der Waals surface area contributed by atoms with Crippen molar-refractivity contribution in [2.75, 3.05) is 12.5 Å². The number of carbonyl (C=O) groups excluding carboxylic acids is 1. The number of hydrazine groups is 1. The summed E-state index contributed by atoms with van der Waals surface area (Å²) in [4.78, 5) is 16.1.